The van der Waals surface area contributed by atoms with E-state index in [-0.39, 0.29) is 17.6 Å². The number of rotatable bonds is 2. The lowest BCUT2D eigenvalue weighted by Gasteiger charge is -2.20. The number of hydrogen-bond donors (Lipinski definition) is 1. The lowest BCUT2D eigenvalue weighted by molar-refractivity contribution is 0.0744. The van der Waals surface area contributed by atoms with Crippen molar-refractivity contribution in [2.75, 3.05) is 5.73 Å². The summed E-state index contributed by atoms with van der Waals surface area (Å²) in [6.07, 6.45) is 3.65. The Kier molecular flexibility index (Phi) is 2.68. The van der Waals surface area contributed by atoms with Gasteiger partial charge in [0.15, 0.2) is 0 Å². The molecule has 2 heterocycles. The van der Waals surface area contributed by atoms with Gasteiger partial charge in [0, 0.05) is 17.8 Å². The van der Waals surface area contributed by atoms with E-state index >= 15 is 0 Å². The summed E-state index contributed by atoms with van der Waals surface area (Å²) in [6.45, 7) is 5.61. The highest BCUT2D eigenvalue weighted by Gasteiger charge is 2.28. The molecule has 2 rings (SSSR count). The molecular weight excluding hydrogens is 234 g/mol. The van der Waals surface area contributed by atoms with Crippen LogP contribution in [0.1, 0.15) is 32.0 Å². The van der Waals surface area contributed by atoms with Crippen LogP contribution < -0.4 is 11.4 Å². The van der Waals surface area contributed by atoms with Gasteiger partial charge < -0.3 is 5.73 Å². The monoisotopic (exact) mass is 249 g/mol. The van der Waals surface area contributed by atoms with Crippen molar-refractivity contribution in [2.24, 2.45) is 5.41 Å². The molecule has 0 amide bonds. The van der Waals surface area contributed by atoms with Gasteiger partial charge in [-0.15, -0.1) is 0 Å². The summed E-state index contributed by atoms with van der Waals surface area (Å²) in [4.78, 5) is 31.3. The van der Waals surface area contributed by atoms with Crippen LogP contribution >= 0.6 is 0 Å². The van der Waals surface area contributed by atoms with Gasteiger partial charge in [-0.05, 0) is 6.42 Å². The fraction of sp³-hybridized carbons (Fsp3) is 0.455. The summed E-state index contributed by atoms with van der Waals surface area (Å²) in [5.41, 5.74) is 4.36. The number of hydrogen-bond acceptors (Lipinski definition) is 5. The Morgan fingerprint density at radius 3 is 2.67 bits per heavy atom. The van der Waals surface area contributed by atoms with Crippen molar-refractivity contribution in [1.29, 1.82) is 0 Å². The van der Waals surface area contributed by atoms with Crippen molar-refractivity contribution in [1.82, 2.24) is 18.9 Å². The van der Waals surface area contributed by atoms with Gasteiger partial charge in [0.05, 0.1) is 0 Å². The Balaban J connectivity index is 2.67. The number of carbonyl (C=O) groups excluding carboxylic acids is 1. The number of imidazole rings is 1. The fourth-order valence-electron chi connectivity index (χ4n) is 1.55. The van der Waals surface area contributed by atoms with Gasteiger partial charge in [0.1, 0.15) is 0 Å². The second kappa shape index (κ2) is 3.94. The van der Waals surface area contributed by atoms with Crippen LogP contribution in [-0.2, 0) is 0 Å². The van der Waals surface area contributed by atoms with E-state index in [0.29, 0.717) is 6.42 Å². The SMILES string of the molecule is CCC(C)(C)C(=O)n1ccn2c(=O)nc(N)nc12. The number of nitrogen functional groups attached to an aromatic ring is 1. The molecule has 0 spiro atoms. The van der Waals surface area contributed by atoms with Gasteiger partial charge in [0.2, 0.25) is 17.6 Å². The second-order valence-corrected chi connectivity index (χ2v) is 4.75. The minimum absolute atomic E-state index is 0.134. The van der Waals surface area contributed by atoms with Crippen LogP contribution in [0.3, 0.4) is 0 Å². The molecule has 0 saturated carbocycles. The second-order valence-electron chi connectivity index (χ2n) is 4.75. The van der Waals surface area contributed by atoms with Crippen molar-refractivity contribution in [3.63, 3.8) is 0 Å². The van der Waals surface area contributed by atoms with E-state index in [9.17, 15) is 9.59 Å². The topological polar surface area (TPSA) is 95.3 Å². The molecule has 0 atom stereocenters. The smallest absolute Gasteiger partial charge is 0.357 e. The highest BCUT2D eigenvalue weighted by atomic mass is 16.2. The van der Waals surface area contributed by atoms with Gasteiger partial charge in [-0.3, -0.25) is 9.36 Å². The summed E-state index contributed by atoms with van der Waals surface area (Å²) in [5, 5.41) is 0. The standard InChI is InChI=1S/C11H15N5O2/c1-4-11(2,3)7(17)15-5-6-16-9(15)13-8(12)14-10(16)18/h5-6H,4H2,1-3H3,(H2,12,14,18). The molecule has 7 heteroatoms. The number of aromatic nitrogens is 4. The van der Waals surface area contributed by atoms with Crippen LogP contribution in [0.5, 0.6) is 0 Å². The summed E-state index contributed by atoms with van der Waals surface area (Å²) in [7, 11) is 0. The molecule has 2 aromatic heterocycles. The van der Waals surface area contributed by atoms with Gasteiger partial charge in [-0.1, -0.05) is 20.8 Å². The predicted molar refractivity (Wildman–Crippen MR) is 66.4 cm³/mol. The number of nitrogens with zero attached hydrogens (tertiary/aromatic N) is 4. The fourth-order valence-corrected chi connectivity index (χ4v) is 1.55. The zero-order valence-corrected chi connectivity index (χ0v) is 10.5. The van der Waals surface area contributed by atoms with Crippen molar-refractivity contribution in [2.45, 2.75) is 27.2 Å². The molecule has 0 unspecified atom stereocenters. The first-order valence-corrected chi connectivity index (χ1v) is 5.65. The minimum atomic E-state index is -0.543. The normalized spacial score (nSPS) is 11.9. The van der Waals surface area contributed by atoms with Crippen molar-refractivity contribution < 1.29 is 4.79 Å². The molecule has 0 saturated heterocycles. The van der Waals surface area contributed by atoms with Crippen LogP contribution in [0.4, 0.5) is 5.95 Å². The third-order valence-corrected chi connectivity index (χ3v) is 3.11. The van der Waals surface area contributed by atoms with E-state index in [1.165, 1.54) is 21.4 Å². The van der Waals surface area contributed by atoms with E-state index < -0.39 is 11.1 Å². The van der Waals surface area contributed by atoms with E-state index in [2.05, 4.69) is 9.97 Å². The van der Waals surface area contributed by atoms with Crippen molar-refractivity contribution >= 4 is 17.6 Å². The number of fused-ring (bicyclic) bond motifs is 1. The molecule has 0 aliphatic rings. The molecule has 18 heavy (non-hydrogen) atoms. The van der Waals surface area contributed by atoms with Crippen molar-refractivity contribution in [3.8, 4) is 0 Å². The average Bonchev–Trinajstić information content (AvgIpc) is 2.71. The molecule has 0 aliphatic carbocycles. The molecule has 2 aromatic rings. The number of anilines is 1. The van der Waals surface area contributed by atoms with Crippen molar-refractivity contribution in [3.05, 3.63) is 22.9 Å². The Morgan fingerprint density at radius 1 is 1.39 bits per heavy atom. The maximum atomic E-state index is 12.3. The van der Waals surface area contributed by atoms with Gasteiger partial charge in [-0.2, -0.15) is 9.97 Å². The Hall–Kier alpha value is -2.18. The van der Waals surface area contributed by atoms with Crippen LogP contribution in [0.15, 0.2) is 17.2 Å². The molecule has 2 N–H and O–H groups in total. The average molecular weight is 249 g/mol. The highest BCUT2D eigenvalue weighted by Crippen LogP contribution is 2.23. The third kappa shape index (κ3) is 1.77. The summed E-state index contributed by atoms with van der Waals surface area (Å²) in [5.74, 6) is -0.0777. The lowest BCUT2D eigenvalue weighted by Crippen LogP contribution is -2.30. The molecule has 0 aliphatic heterocycles. The van der Waals surface area contributed by atoms with Crippen LogP contribution in [-0.4, -0.2) is 24.8 Å². The van der Waals surface area contributed by atoms with E-state index in [1.807, 2.05) is 20.8 Å². The largest absolute Gasteiger partial charge is 0.368 e. The lowest BCUT2D eigenvalue weighted by atomic mass is 9.89. The molecule has 0 radical (unpaired) electrons. The summed E-state index contributed by atoms with van der Waals surface area (Å²) < 4.78 is 2.53. The predicted octanol–water partition coefficient (Wildman–Crippen LogP) is 0.550. The van der Waals surface area contributed by atoms with Crippen LogP contribution in [0, 0.1) is 5.41 Å². The zero-order chi connectivity index (χ0) is 13.5. The van der Waals surface area contributed by atoms with Gasteiger partial charge in [0.25, 0.3) is 0 Å². The molecular formula is C11H15N5O2. The third-order valence-electron chi connectivity index (χ3n) is 3.11. The molecule has 7 nitrogen and oxygen atoms in total. The summed E-state index contributed by atoms with van der Waals surface area (Å²) >= 11 is 0. The van der Waals surface area contributed by atoms with Gasteiger partial charge in [-0.25, -0.2) is 9.20 Å². The van der Waals surface area contributed by atoms with Crippen LogP contribution in [0.2, 0.25) is 0 Å². The quantitative estimate of drug-likeness (QED) is 0.838. The molecule has 0 aromatic carbocycles. The Labute approximate surface area is 103 Å². The summed E-state index contributed by atoms with van der Waals surface area (Å²) in [6, 6.07) is 0. The van der Waals surface area contributed by atoms with E-state index in [1.54, 1.807) is 0 Å². The van der Waals surface area contributed by atoms with E-state index in [4.69, 9.17) is 5.73 Å². The molecule has 96 valence electrons. The molecule has 0 fully saturated rings. The Morgan fingerprint density at radius 2 is 2.06 bits per heavy atom. The maximum Gasteiger partial charge on any atom is 0.357 e. The highest BCUT2D eigenvalue weighted by molar-refractivity contribution is 5.87. The first kappa shape index (κ1) is 12.3. The zero-order valence-electron chi connectivity index (χ0n) is 10.5. The number of nitrogens with two attached hydrogens (primary N) is 1. The first-order chi connectivity index (χ1) is 8.36. The number of carbonyl (C=O) groups is 1. The molecule has 0 bridgehead atoms. The first-order valence-electron chi connectivity index (χ1n) is 5.65. The van der Waals surface area contributed by atoms with E-state index in [0.717, 1.165) is 0 Å². The maximum absolute atomic E-state index is 12.3. The minimum Gasteiger partial charge on any atom is -0.368 e. The Bertz CT molecular complexity index is 668. The van der Waals surface area contributed by atoms with Gasteiger partial charge >= 0.3 is 5.69 Å². The van der Waals surface area contributed by atoms with Crippen LogP contribution in [0.25, 0.3) is 5.78 Å².